The first-order chi connectivity index (χ1) is 20.1. The van der Waals surface area contributed by atoms with E-state index in [9.17, 15) is 0 Å². The maximum absolute atomic E-state index is 6.74. The van der Waals surface area contributed by atoms with Gasteiger partial charge in [0.05, 0.1) is 39.6 Å². The Morgan fingerprint density at radius 3 is 1.07 bits per heavy atom. The van der Waals surface area contributed by atoms with Gasteiger partial charge in [-0.1, -0.05) is 79.1 Å². The molecule has 0 aliphatic heterocycles. The SMILES string of the molecule is CCCCCOC(OC(OCCCCC)C(OCC)=C(CCCCC)OCC)C(OCC)=C(CCCCC)OCC. The van der Waals surface area contributed by atoms with E-state index in [0.29, 0.717) is 51.2 Å². The van der Waals surface area contributed by atoms with Crippen LogP contribution in [0.2, 0.25) is 0 Å². The van der Waals surface area contributed by atoms with E-state index < -0.39 is 12.6 Å². The second-order valence-corrected chi connectivity index (χ2v) is 10.2. The Morgan fingerprint density at radius 1 is 0.415 bits per heavy atom. The van der Waals surface area contributed by atoms with Gasteiger partial charge in [0.2, 0.25) is 12.6 Å². The van der Waals surface area contributed by atoms with Crippen molar-refractivity contribution in [3.05, 3.63) is 23.0 Å². The van der Waals surface area contributed by atoms with Gasteiger partial charge >= 0.3 is 0 Å². The minimum Gasteiger partial charge on any atom is -0.495 e. The minimum absolute atomic E-state index is 0.481. The van der Waals surface area contributed by atoms with E-state index in [1.54, 1.807) is 0 Å². The number of ether oxygens (including phenoxy) is 7. The molecular formula is C34H66O7. The highest BCUT2D eigenvalue weighted by Crippen LogP contribution is 2.28. The minimum atomic E-state index is -0.792. The van der Waals surface area contributed by atoms with Gasteiger partial charge in [-0.15, -0.1) is 0 Å². The number of rotatable bonds is 30. The first-order valence-corrected chi connectivity index (χ1v) is 16.9. The zero-order valence-electron chi connectivity index (χ0n) is 28.2. The summed E-state index contributed by atoms with van der Waals surface area (Å²) >= 11 is 0. The smallest absolute Gasteiger partial charge is 0.223 e. The molecule has 7 nitrogen and oxygen atoms in total. The summed E-state index contributed by atoms with van der Waals surface area (Å²) in [4.78, 5) is 0. The third-order valence-electron chi connectivity index (χ3n) is 6.51. The third-order valence-corrected chi connectivity index (χ3v) is 6.51. The van der Waals surface area contributed by atoms with Gasteiger partial charge in [-0.05, 0) is 53.4 Å². The van der Waals surface area contributed by atoms with Crippen molar-refractivity contribution in [1.29, 1.82) is 0 Å². The van der Waals surface area contributed by atoms with E-state index in [4.69, 9.17) is 33.2 Å². The summed E-state index contributed by atoms with van der Waals surface area (Å²) in [5.74, 6) is 2.79. The zero-order valence-corrected chi connectivity index (χ0v) is 28.2. The summed E-state index contributed by atoms with van der Waals surface area (Å²) in [5, 5.41) is 0. The molecule has 0 spiro atoms. The van der Waals surface area contributed by atoms with Crippen molar-refractivity contribution in [2.24, 2.45) is 0 Å². The molecule has 0 saturated carbocycles. The standard InChI is InChI=1S/C34H66O7/c1-9-17-21-25-29(35-13-5)31(37-15-7)33(39-27-23-19-11-3)41-34(40-28-24-20-12-4)32(38-16-8)30(36-14-6)26-22-18-10-2/h33-34H,9-28H2,1-8H3. The van der Waals surface area contributed by atoms with Crippen LogP contribution in [0.4, 0.5) is 0 Å². The zero-order chi connectivity index (χ0) is 30.6. The van der Waals surface area contributed by atoms with Gasteiger partial charge in [0.25, 0.3) is 0 Å². The quantitative estimate of drug-likeness (QED) is 0.0471. The van der Waals surface area contributed by atoms with Gasteiger partial charge in [-0.2, -0.15) is 0 Å². The molecule has 0 aromatic heterocycles. The predicted octanol–water partition coefficient (Wildman–Crippen LogP) is 9.80. The first-order valence-electron chi connectivity index (χ1n) is 16.9. The Hall–Kier alpha value is -1.44. The average molecular weight is 587 g/mol. The van der Waals surface area contributed by atoms with Crippen LogP contribution in [0.5, 0.6) is 0 Å². The fraction of sp³-hybridized carbons (Fsp3) is 0.882. The van der Waals surface area contributed by atoms with E-state index >= 15 is 0 Å². The van der Waals surface area contributed by atoms with Gasteiger partial charge in [-0.25, -0.2) is 0 Å². The monoisotopic (exact) mass is 586 g/mol. The van der Waals surface area contributed by atoms with Gasteiger partial charge in [0, 0.05) is 12.8 Å². The van der Waals surface area contributed by atoms with Crippen molar-refractivity contribution in [3.8, 4) is 0 Å². The van der Waals surface area contributed by atoms with Crippen LogP contribution in [-0.4, -0.2) is 52.2 Å². The van der Waals surface area contributed by atoms with Crippen molar-refractivity contribution in [1.82, 2.24) is 0 Å². The maximum Gasteiger partial charge on any atom is 0.223 e. The lowest BCUT2D eigenvalue weighted by atomic mass is 10.1. The molecule has 0 radical (unpaired) electrons. The van der Waals surface area contributed by atoms with Gasteiger partial charge in [0.15, 0.2) is 11.5 Å². The molecular weight excluding hydrogens is 520 g/mol. The number of hydrogen-bond donors (Lipinski definition) is 0. The lowest BCUT2D eigenvalue weighted by molar-refractivity contribution is -0.242. The Kier molecular flexibility index (Phi) is 27.7. The van der Waals surface area contributed by atoms with Crippen LogP contribution in [0.1, 0.15) is 145 Å². The Morgan fingerprint density at radius 2 is 0.756 bits per heavy atom. The summed E-state index contributed by atoms with van der Waals surface area (Å²) in [5.41, 5.74) is 0. The molecule has 0 N–H and O–H groups in total. The molecule has 41 heavy (non-hydrogen) atoms. The van der Waals surface area contributed by atoms with E-state index in [-0.39, 0.29) is 0 Å². The number of unbranched alkanes of at least 4 members (excludes halogenated alkanes) is 8. The average Bonchev–Trinajstić information content (AvgIpc) is 2.97. The van der Waals surface area contributed by atoms with Crippen LogP contribution in [0.25, 0.3) is 0 Å². The van der Waals surface area contributed by atoms with Crippen molar-refractivity contribution in [3.63, 3.8) is 0 Å². The Labute approximate surface area is 253 Å². The summed E-state index contributed by atoms with van der Waals surface area (Å²) in [7, 11) is 0. The van der Waals surface area contributed by atoms with Crippen molar-refractivity contribution in [2.45, 2.75) is 158 Å². The molecule has 2 atom stereocenters. The summed E-state index contributed by atoms with van der Waals surface area (Å²) in [6, 6.07) is 0. The molecule has 7 heteroatoms. The molecule has 0 heterocycles. The van der Waals surface area contributed by atoms with E-state index in [1.807, 2.05) is 27.7 Å². The first kappa shape index (κ1) is 39.6. The summed E-state index contributed by atoms with van der Waals surface area (Å²) in [6.07, 6.45) is 12.7. The van der Waals surface area contributed by atoms with E-state index in [2.05, 4.69) is 27.7 Å². The number of allylic oxidation sites excluding steroid dienone is 2. The van der Waals surface area contributed by atoms with Crippen LogP contribution < -0.4 is 0 Å². The highest BCUT2D eigenvalue weighted by Gasteiger charge is 2.32. The lowest BCUT2D eigenvalue weighted by Crippen LogP contribution is -2.34. The molecule has 0 aromatic carbocycles. The molecule has 0 saturated heterocycles. The van der Waals surface area contributed by atoms with Crippen LogP contribution in [-0.2, 0) is 33.2 Å². The fourth-order valence-electron chi connectivity index (χ4n) is 4.37. The Bertz CT molecular complexity index is 593. The molecule has 0 rings (SSSR count). The van der Waals surface area contributed by atoms with Crippen molar-refractivity contribution < 1.29 is 33.2 Å². The molecule has 244 valence electrons. The van der Waals surface area contributed by atoms with Crippen LogP contribution in [0.3, 0.4) is 0 Å². The predicted molar refractivity (Wildman–Crippen MR) is 168 cm³/mol. The van der Waals surface area contributed by atoms with E-state index in [1.165, 1.54) is 0 Å². The van der Waals surface area contributed by atoms with Crippen molar-refractivity contribution in [2.75, 3.05) is 39.6 Å². The third kappa shape index (κ3) is 18.7. The maximum atomic E-state index is 6.74. The highest BCUT2D eigenvalue weighted by molar-refractivity contribution is 5.09. The molecule has 0 aliphatic carbocycles. The summed E-state index contributed by atoms with van der Waals surface area (Å²) < 4.78 is 44.4. The molecule has 2 unspecified atom stereocenters. The van der Waals surface area contributed by atoms with Crippen LogP contribution >= 0.6 is 0 Å². The van der Waals surface area contributed by atoms with Crippen LogP contribution in [0.15, 0.2) is 23.0 Å². The second-order valence-electron chi connectivity index (χ2n) is 10.2. The summed E-state index contributed by atoms with van der Waals surface area (Å²) in [6.45, 7) is 19.9. The molecule has 0 amide bonds. The largest absolute Gasteiger partial charge is 0.495 e. The topological polar surface area (TPSA) is 64.6 Å². The molecule has 0 fully saturated rings. The van der Waals surface area contributed by atoms with Gasteiger partial charge in [-0.3, -0.25) is 0 Å². The van der Waals surface area contributed by atoms with Gasteiger partial charge in [0.1, 0.15) is 11.5 Å². The van der Waals surface area contributed by atoms with Crippen molar-refractivity contribution >= 4 is 0 Å². The molecule has 0 aromatic rings. The fourth-order valence-corrected chi connectivity index (χ4v) is 4.37. The lowest BCUT2D eigenvalue weighted by Gasteiger charge is -2.30. The van der Waals surface area contributed by atoms with Crippen LogP contribution in [0, 0.1) is 0 Å². The van der Waals surface area contributed by atoms with E-state index in [0.717, 1.165) is 101 Å². The van der Waals surface area contributed by atoms with Gasteiger partial charge < -0.3 is 33.2 Å². The molecule has 0 bridgehead atoms. The molecule has 0 aliphatic rings. The second kappa shape index (κ2) is 28.7. The Balaban J connectivity index is 6.66. The normalized spacial score (nSPS) is 14.2. The highest BCUT2D eigenvalue weighted by atomic mass is 16.8. The number of hydrogen-bond acceptors (Lipinski definition) is 7.